The lowest BCUT2D eigenvalue weighted by molar-refractivity contribution is 0.0429. The zero-order valence-electron chi connectivity index (χ0n) is 19.5. The van der Waals surface area contributed by atoms with Gasteiger partial charge in [0.25, 0.3) is 0 Å². The van der Waals surface area contributed by atoms with E-state index in [9.17, 15) is 19.5 Å². The van der Waals surface area contributed by atoms with Crippen LogP contribution in [0.25, 0.3) is 22.6 Å². The second-order valence-electron chi connectivity index (χ2n) is 9.20. The molecular weight excluding hydrogens is 510 g/mol. The number of hydrogen-bond donors (Lipinski definition) is 1. The molecule has 12 heteroatoms. The minimum atomic E-state index is -1.34. The summed E-state index contributed by atoms with van der Waals surface area (Å²) in [6.45, 7) is 9.81. The molecule has 0 fully saturated rings. The van der Waals surface area contributed by atoms with Crippen molar-refractivity contribution in [3.63, 3.8) is 0 Å². The molecule has 0 bridgehead atoms. The van der Waals surface area contributed by atoms with Gasteiger partial charge in [0.15, 0.2) is 17.3 Å². The minimum absolute atomic E-state index is 0.144. The first-order chi connectivity index (χ1) is 15.7. The summed E-state index contributed by atoms with van der Waals surface area (Å²) in [5, 5.41) is 9.90. The Bertz CT molecular complexity index is 1250. The Morgan fingerprint density at radius 3 is 2.06 bits per heavy atom. The van der Waals surface area contributed by atoms with E-state index in [-0.39, 0.29) is 21.9 Å². The van der Waals surface area contributed by atoms with Gasteiger partial charge in [0.2, 0.25) is 0 Å². The van der Waals surface area contributed by atoms with E-state index in [1.165, 1.54) is 6.20 Å². The van der Waals surface area contributed by atoms with Crippen molar-refractivity contribution in [1.82, 2.24) is 19.5 Å². The Hall–Kier alpha value is -3.54. The molecule has 3 rings (SSSR count). The summed E-state index contributed by atoms with van der Waals surface area (Å²) in [6.07, 6.45) is -2.22. The fourth-order valence-electron chi connectivity index (χ4n) is 2.92. The molecule has 2 amide bonds. The molecule has 0 spiro atoms. The second-order valence-corrected chi connectivity index (χ2v) is 10.0. The van der Waals surface area contributed by atoms with Crippen molar-refractivity contribution >= 4 is 51.1 Å². The Balaban J connectivity index is 2.29. The van der Waals surface area contributed by atoms with Crippen molar-refractivity contribution in [1.29, 1.82) is 0 Å². The third kappa shape index (κ3) is 5.50. The molecule has 0 aliphatic carbocycles. The maximum absolute atomic E-state index is 13.1. The van der Waals surface area contributed by atoms with Crippen molar-refractivity contribution in [3.8, 4) is 11.5 Å². The van der Waals surface area contributed by atoms with Crippen molar-refractivity contribution < 1.29 is 29.0 Å². The van der Waals surface area contributed by atoms with Crippen molar-refractivity contribution in [2.75, 3.05) is 4.90 Å². The number of aromatic nitrogens is 4. The van der Waals surface area contributed by atoms with Gasteiger partial charge < -0.3 is 14.6 Å². The van der Waals surface area contributed by atoms with Crippen molar-refractivity contribution in [3.05, 3.63) is 35.1 Å². The molecule has 2 heterocycles. The van der Waals surface area contributed by atoms with Gasteiger partial charge >= 0.3 is 18.3 Å². The highest BCUT2D eigenvalue weighted by Crippen LogP contribution is 2.32. The number of fused-ring (bicyclic) bond motifs is 1. The van der Waals surface area contributed by atoms with E-state index in [4.69, 9.17) is 9.47 Å². The average Bonchev–Trinajstić information content (AvgIpc) is 3.06. The van der Waals surface area contributed by atoms with Crippen LogP contribution in [0.1, 0.15) is 41.5 Å². The summed E-state index contributed by atoms with van der Waals surface area (Å²) in [6, 6.07) is 6.56. The predicted octanol–water partition coefficient (Wildman–Crippen LogP) is 5.46. The lowest BCUT2D eigenvalue weighted by Gasteiger charge is -2.28. The number of anilines is 1. The third-order valence-corrected chi connectivity index (χ3v) is 4.43. The number of imidazole rings is 1. The number of nitrogens with zero attached hydrogens (tertiary/aromatic N) is 5. The third-order valence-electron chi connectivity index (χ3n) is 4.05. The summed E-state index contributed by atoms with van der Waals surface area (Å²) in [7, 11) is 0. The number of carbonyl (C=O) groups is 3. The van der Waals surface area contributed by atoms with Crippen LogP contribution in [-0.2, 0) is 9.47 Å². The lowest BCUT2D eigenvalue weighted by atomic mass is 10.2. The molecule has 180 valence electrons. The molecule has 0 saturated heterocycles. The lowest BCUT2D eigenvalue weighted by Crippen LogP contribution is -2.44. The fourth-order valence-corrected chi connectivity index (χ4v) is 3.20. The number of carbonyl (C=O) groups excluding carboxylic acids is 2. The molecule has 0 atom stereocenters. The first-order valence-corrected chi connectivity index (χ1v) is 11.0. The van der Waals surface area contributed by atoms with Crippen LogP contribution in [-0.4, -0.2) is 54.1 Å². The molecule has 1 N–H and O–H groups in total. The van der Waals surface area contributed by atoms with E-state index in [1.807, 2.05) is 0 Å². The van der Waals surface area contributed by atoms with Gasteiger partial charge in [-0.2, -0.15) is 4.90 Å². The monoisotopic (exact) mass is 533 g/mol. The molecule has 3 aromatic rings. The molecule has 0 radical (unpaired) electrons. The molecule has 0 unspecified atom stereocenters. The van der Waals surface area contributed by atoms with Gasteiger partial charge in [0.1, 0.15) is 15.8 Å². The van der Waals surface area contributed by atoms with Crippen molar-refractivity contribution in [2.24, 2.45) is 0 Å². The summed E-state index contributed by atoms with van der Waals surface area (Å²) >= 11 is 3.21. The van der Waals surface area contributed by atoms with Gasteiger partial charge in [0.05, 0.1) is 17.2 Å². The highest BCUT2D eigenvalue weighted by atomic mass is 79.9. The number of halogens is 1. The standard InChI is InChI=1S/C22H24BrN5O6/c1-21(2,3)33-19(31)28(20(32)34-22(4,5)6)16-15(26-14(23)11-24-16)17-25-12-9-7-8-10-13(12)27(17)18(29)30/h7-11H,1-6H3,(H,29,30). The number of ether oxygens (including phenoxy) is 2. The van der Waals surface area contributed by atoms with Crippen LogP contribution in [0.5, 0.6) is 0 Å². The normalized spacial score (nSPS) is 11.9. The number of para-hydroxylation sites is 2. The van der Waals surface area contributed by atoms with E-state index in [1.54, 1.807) is 65.8 Å². The van der Waals surface area contributed by atoms with E-state index in [0.29, 0.717) is 15.9 Å². The van der Waals surface area contributed by atoms with Crippen LogP contribution in [0.2, 0.25) is 0 Å². The van der Waals surface area contributed by atoms with Gasteiger partial charge in [-0.15, -0.1) is 0 Å². The van der Waals surface area contributed by atoms with Gasteiger partial charge in [-0.25, -0.2) is 33.9 Å². The predicted molar refractivity (Wildman–Crippen MR) is 127 cm³/mol. The number of imide groups is 1. The summed E-state index contributed by atoms with van der Waals surface area (Å²) in [5.74, 6) is -0.445. The summed E-state index contributed by atoms with van der Waals surface area (Å²) in [4.78, 5) is 51.9. The van der Waals surface area contributed by atoms with Crippen LogP contribution >= 0.6 is 15.9 Å². The number of rotatable bonds is 2. The van der Waals surface area contributed by atoms with E-state index in [2.05, 4.69) is 30.9 Å². The first-order valence-electron chi connectivity index (χ1n) is 10.2. The number of hydrogen-bond acceptors (Lipinski definition) is 8. The van der Waals surface area contributed by atoms with Gasteiger partial charge in [-0.05, 0) is 69.6 Å². The molecule has 11 nitrogen and oxygen atoms in total. The van der Waals surface area contributed by atoms with Crippen molar-refractivity contribution in [2.45, 2.75) is 52.7 Å². The van der Waals surface area contributed by atoms with E-state index < -0.39 is 29.5 Å². The zero-order chi connectivity index (χ0) is 25.4. The summed E-state index contributed by atoms with van der Waals surface area (Å²) < 4.78 is 11.9. The second kappa shape index (κ2) is 9.01. The molecule has 0 aliphatic rings. The fraction of sp³-hybridized carbons (Fsp3) is 0.364. The minimum Gasteiger partial charge on any atom is -0.464 e. The number of carboxylic acid groups (broad SMARTS) is 1. The number of benzene rings is 1. The summed E-state index contributed by atoms with van der Waals surface area (Å²) in [5.41, 5.74) is -1.39. The molecular formula is C22H24BrN5O6. The Labute approximate surface area is 203 Å². The molecule has 0 saturated carbocycles. The molecule has 1 aromatic carbocycles. The highest BCUT2D eigenvalue weighted by molar-refractivity contribution is 9.10. The molecule has 0 aliphatic heterocycles. The van der Waals surface area contributed by atoms with Crippen LogP contribution in [0.4, 0.5) is 20.2 Å². The first kappa shape index (κ1) is 25.1. The van der Waals surface area contributed by atoms with E-state index >= 15 is 0 Å². The topological polar surface area (TPSA) is 137 Å². The maximum Gasteiger partial charge on any atom is 0.425 e. The Kier molecular flexibility index (Phi) is 6.65. The zero-order valence-corrected chi connectivity index (χ0v) is 21.1. The van der Waals surface area contributed by atoms with Crippen LogP contribution in [0.15, 0.2) is 35.1 Å². The SMILES string of the molecule is CC(C)(C)OC(=O)N(C(=O)OC(C)(C)C)c1ncc(Br)nc1-c1nc2ccccc2n1C(=O)O. The number of amides is 2. The molecule has 2 aromatic heterocycles. The molecule has 34 heavy (non-hydrogen) atoms. The largest absolute Gasteiger partial charge is 0.464 e. The van der Waals surface area contributed by atoms with Crippen LogP contribution < -0.4 is 4.90 Å². The van der Waals surface area contributed by atoms with Crippen LogP contribution in [0, 0.1) is 0 Å². The highest BCUT2D eigenvalue weighted by Gasteiger charge is 2.37. The van der Waals surface area contributed by atoms with Gasteiger partial charge in [-0.1, -0.05) is 12.1 Å². The van der Waals surface area contributed by atoms with Gasteiger partial charge in [-0.3, -0.25) is 0 Å². The van der Waals surface area contributed by atoms with Crippen LogP contribution in [0.3, 0.4) is 0 Å². The Morgan fingerprint density at radius 1 is 0.971 bits per heavy atom. The van der Waals surface area contributed by atoms with Gasteiger partial charge in [0, 0.05) is 0 Å². The quantitative estimate of drug-likeness (QED) is 0.454. The van der Waals surface area contributed by atoms with E-state index in [0.717, 1.165) is 4.57 Å². The Morgan fingerprint density at radius 2 is 1.53 bits per heavy atom. The smallest absolute Gasteiger partial charge is 0.425 e. The average molecular weight is 534 g/mol. The maximum atomic E-state index is 13.1.